The van der Waals surface area contributed by atoms with Crippen molar-refractivity contribution < 1.29 is 4.79 Å². The Bertz CT molecular complexity index is 719. The molecule has 1 N–H and O–H groups in total. The zero-order chi connectivity index (χ0) is 16.3. The zero-order valence-electron chi connectivity index (χ0n) is 13.2. The SMILES string of the molecule is Cc1nn(C)c(C)c1/C=C/C(=O)NC(C)c1ccccc1Cl. The van der Waals surface area contributed by atoms with Crippen LogP contribution in [0.5, 0.6) is 0 Å². The molecule has 0 fully saturated rings. The van der Waals surface area contributed by atoms with E-state index in [2.05, 4.69) is 10.4 Å². The normalized spacial score (nSPS) is 12.6. The van der Waals surface area contributed by atoms with Crippen LogP contribution >= 0.6 is 11.6 Å². The molecule has 116 valence electrons. The molecule has 0 spiro atoms. The number of halogens is 1. The van der Waals surface area contributed by atoms with Crippen LogP contribution in [0.3, 0.4) is 0 Å². The lowest BCUT2D eigenvalue weighted by atomic mass is 10.1. The summed E-state index contributed by atoms with van der Waals surface area (Å²) in [6.07, 6.45) is 3.33. The van der Waals surface area contributed by atoms with Gasteiger partial charge in [0.05, 0.1) is 11.7 Å². The second-order valence-electron chi connectivity index (χ2n) is 5.29. The first-order chi connectivity index (χ1) is 10.4. The molecule has 0 aliphatic rings. The summed E-state index contributed by atoms with van der Waals surface area (Å²) in [6.45, 7) is 5.81. The van der Waals surface area contributed by atoms with Crippen molar-refractivity contribution in [3.05, 3.63) is 57.9 Å². The van der Waals surface area contributed by atoms with Gasteiger partial charge >= 0.3 is 0 Å². The average Bonchev–Trinajstić information content (AvgIpc) is 2.70. The molecule has 0 saturated heterocycles. The summed E-state index contributed by atoms with van der Waals surface area (Å²) < 4.78 is 1.80. The number of aromatic nitrogens is 2. The third-order valence-corrected chi connectivity index (χ3v) is 4.04. The number of carbonyl (C=O) groups excluding carboxylic acids is 1. The van der Waals surface area contributed by atoms with E-state index < -0.39 is 0 Å². The molecule has 2 aromatic rings. The number of aryl methyl sites for hydroxylation is 2. The van der Waals surface area contributed by atoms with Crippen LogP contribution < -0.4 is 5.32 Å². The van der Waals surface area contributed by atoms with Crippen LogP contribution in [-0.4, -0.2) is 15.7 Å². The van der Waals surface area contributed by atoms with Crippen molar-refractivity contribution in [3.8, 4) is 0 Å². The molecule has 1 atom stereocenters. The summed E-state index contributed by atoms with van der Waals surface area (Å²) in [7, 11) is 1.89. The second kappa shape index (κ2) is 6.79. The Balaban J connectivity index is 2.07. The smallest absolute Gasteiger partial charge is 0.244 e. The van der Waals surface area contributed by atoms with Crippen LogP contribution in [0.15, 0.2) is 30.3 Å². The zero-order valence-corrected chi connectivity index (χ0v) is 14.0. The van der Waals surface area contributed by atoms with Gasteiger partial charge in [-0.3, -0.25) is 9.48 Å². The van der Waals surface area contributed by atoms with E-state index in [1.54, 1.807) is 10.8 Å². The molecule has 1 aromatic carbocycles. The van der Waals surface area contributed by atoms with Gasteiger partial charge in [-0.1, -0.05) is 29.8 Å². The van der Waals surface area contributed by atoms with E-state index in [-0.39, 0.29) is 11.9 Å². The lowest BCUT2D eigenvalue weighted by Gasteiger charge is -2.14. The number of benzene rings is 1. The first-order valence-electron chi connectivity index (χ1n) is 7.13. The minimum absolute atomic E-state index is 0.151. The largest absolute Gasteiger partial charge is 0.346 e. The molecule has 22 heavy (non-hydrogen) atoms. The van der Waals surface area contributed by atoms with Crippen molar-refractivity contribution in [2.24, 2.45) is 7.05 Å². The number of nitrogens with one attached hydrogen (secondary N) is 1. The van der Waals surface area contributed by atoms with Crippen LogP contribution in [0.1, 0.15) is 35.5 Å². The highest BCUT2D eigenvalue weighted by atomic mass is 35.5. The molecule has 1 aromatic heterocycles. The van der Waals surface area contributed by atoms with Crippen LogP contribution in [-0.2, 0) is 11.8 Å². The van der Waals surface area contributed by atoms with E-state index >= 15 is 0 Å². The minimum atomic E-state index is -0.157. The molecule has 2 rings (SSSR count). The van der Waals surface area contributed by atoms with Crippen LogP contribution in [0.4, 0.5) is 0 Å². The average molecular weight is 318 g/mol. The lowest BCUT2D eigenvalue weighted by Crippen LogP contribution is -2.24. The van der Waals surface area contributed by atoms with Crippen molar-refractivity contribution in [1.29, 1.82) is 0 Å². The third-order valence-electron chi connectivity index (χ3n) is 3.70. The predicted molar refractivity (Wildman–Crippen MR) is 89.7 cm³/mol. The van der Waals surface area contributed by atoms with E-state index in [9.17, 15) is 4.79 Å². The summed E-state index contributed by atoms with van der Waals surface area (Å²) >= 11 is 6.14. The maximum atomic E-state index is 12.1. The number of rotatable bonds is 4. The Labute approximate surface area is 135 Å². The van der Waals surface area contributed by atoms with E-state index in [0.29, 0.717) is 5.02 Å². The number of hydrogen-bond acceptors (Lipinski definition) is 2. The van der Waals surface area contributed by atoms with Gasteiger partial charge in [-0.25, -0.2) is 0 Å². The molecule has 1 heterocycles. The Morgan fingerprint density at radius 1 is 1.36 bits per heavy atom. The van der Waals surface area contributed by atoms with Crippen LogP contribution in [0.25, 0.3) is 6.08 Å². The minimum Gasteiger partial charge on any atom is -0.346 e. The van der Waals surface area contributed by atoms with Crippen molar-refractivity contribution in [2.75, 3.05) is 0 Å². The highest BCUT2D eigenvalue weighted by Gasteiger charge is 2.11. The molecule has 0 saturated carbocycles. The number of amides is 1. The van der Waals surface area contributed by atoms with E-state index in [1.807, 2.05) is 52.1 Å². The van der Waals surface area contributed by atoms with Gasteiger partial charge in [0.25, 0.3) is 0 Å². The molecule has 0 bridgehead atoms. The fourth-order valence-electron chi connectivity index (χ4n) is 2.36. The maximum Gasteiger partial charge on any atom is 0.244 e. The summed E-state index contributed by atoms with van der Waals surface area (Å²) in [5.41, 5.74) is 3.81. The number of carbonyl (C=O) groups is 1. The van der Waals surface area contributed by atoms with E-state index in [1.165, 1.54) is 6.08 Å². The third kappa shape index (κ3) is 3.57. The van der Waals surface area contributed by atoms with Gasteiger partial charge in [0, 0.05) is 29.4 Å². The quantitative estimate of drug-likeness (QED) is 0.876. The fraction of sp³-hybridized carbons (Fsp3) is 0.294. The molecule has 5 heteroatoms. The molecule has 0 radical (unpaired) electrons. The van der Waals surface area contributed by atoms with Crippen LogP contribution in [0.2, 0.25) is 5.02 Å². The van der Waals surface area contributed by atoms with E-state index in [0.717, 1.165) is 22.5 Å². The van der Waals surface area contributed by atoms with Gasteiger partial charge in [-0.15, -0.1) is 0 Å². The van der Waals surface area contributed by atoms with Crippen molar-refractivity contribution >= 4 is 23.6 Å². The Kier molecular flexibility index (Phi) is 5.03. The standard InChI is InChI=1S/C17H20ClN3O/c1-11(15-7-5-6-8-16(15)18)19-17(22)10-9-14-12(2)20-21(4)13(14)3/h5-11H,1-4H3,(H,19,22)/b10-9+. The van der Waals surface area contributed by atoms with Gasteiger partial charge in [0.15, 0.2) is 0 Å². The molecule has 1 unspecified atom stereocenters. The second-order valence-corrected chi connectivity index (χ2v) is 5.70. The topological polar surface area (TPSA) is 46.9 Å². The van der Waals surface area contributed by atoms with Crippen molar-refractivity contribution in [1.82, 2.24) is 15.1 Å². The van der Waals surface area contributed by atoms with Gasteiger partial charge in [0.1, 0.15) is 0 Å². The highest BCUT2D eigenvalue weighted by Crippen LogP contribution is 2.22. The Morgan fingerprint density at radius 3 is 2.64 bits per heavy atom. The van der Waals surface area contributed by atoms with Crippen molar-refractivity contribution in [2.45, 2.75) is 26.8 Å². The monoisotopic (exact) mass is 317 g/mol. The highest BCUT2D eigenvalue weighted by molar-refractivity contribution is 6.31. The summed E-state index contributed by atoms with van der Waals surface area (Å²) in [6, 6.07) is 7.35. The summed E-state index contributed by atoms with van der Waals surface area (Å²) in [5, 5.41) is 7.89. The number of nitrogens with zero attached hydrogens (tertiary/aromatic N) is 2. The fourth-order valence-corrected chi connectivity index (χ4v) is 2.66. The maximum absolute atomic E-state index is 12.1. The van der Waals surface area contributed by atoms with Crippen molar-refractivity contribution in [3.63, 3.8) is 0 Å². The molecule has 0 aliphatic carbocycles. The first-order valence-corrected chi connectivity index (χ1v) is 7.51. The van der Waals surface area contributed by atoms with Gasteiger partial charge in [0.2, 0.25) is 5.91 Å². The summed E-state index contributed by atoms with van der Waals surface area (Å²) in [5.74, 6) is -0.157. The van der Waals surface area contributed by atoms with Gasteiger partial charge in [-0.2, -0.15) is 5.10 Å². The van der Waals surface area contributed by atoms with Gasteiger partial charge in [-0.05, 0) is 38.5 Å². The first kappa shape index (κ1) is 16.3. The molecular weight excluding hydrogens is 298 g/mol. The van der Waals surface area contributed by atoms with E-state index in [4.69, 9.17) is 11.6 Å². The molecular formula is C17H20ClN3O. The molecule has 0 aliphatic heterocycles. The van der Waals surface area contributed by atoms with Gasteiger partial charge < -0.3 is 5.32 Å². The Morgan fingerprint density at radius 2 is 2.05 bits per heavy atom. The number of hydrogen-bond donors (Lipinski definition) is 1. The lowest BCUT2D eigenvalue weighted by molar-refractivity contribution is -0.117. The Hall–Kier alpha value is -2.07. The summed E-state index contributed by atoms with van der Waals surface area (Å²) in [4.78, 5) is 12.1. The predicted octanol–water partition coefficient (Wildman–Crippen LogP) is 3.58. The molecule has 1 amide bonds. The van der Waals surface area contributed by atoms with Crippen LogP contribution in [0, 0.1) is 13.8 Å². The molecule has 4 nitrogen and oxygen atoms in total.